The van der Waals surface area contributed by atoms with E-state index in [9.17, 15) is 0 Å². The monoisotopic (exact) mass is 273 g/mol. The topological polar surface area (TPSA) is 12.0 Å². The summed E-state index contributed by atoms with van der Waals surface area (Å²) < 4.78 is 1.26. The molecular formula is C11H16BrNS. The van der Waals surface area contributed by atoms with Crippen molar-refractivity contribution in [2.45, 2.75) is 25.7 Å². The Bertz CT molecular complexity index is 297. The van der Waals surface area contributed by atoms with Crippen LogP contribution in [0.3, 0.4) is 0 Å². The van der Waals surface area contributed by atoms with Crippen LogP contribution in [0, 0.1) is 5.92 Å². The first-order chi connectivity index (χ1) is 6.81. The van der Waals surface area contributed by atoms with Crippen molar-refractivity contribution in [3.05, 3.63) is 20.8 Å². The smallest absolute Gasteiger partial charge is 0.0701 e. The number of hydrogen-bond acceptors (Lipinski definition) is 2. The van der Waals surface area contributed by atoms with E-state index >= 15 is 0 Å². The minimum absolute atomic E-state index is 0.789. The highest BCUT2D eigenvalue weighted by molar-refractivity contribution is 9.11. The first-order valence-corrected chi connectivity index (χ1v) is 6.88. The van der Waals surface area contributed by atoms with Gasteiger partial charge in [0.15, 0.2) is 0 Å². The van der Waals surface area contributed by atoms with Crippen molar-refractivity contribution in [1.82, 2.24) is 5.32 Å². The lowest BCUT2D eigenvalue weighted by Crippen LogP contribution is -2.34. The van der Waals surface area contributed by atoms with Gasteiger partial charge < -0.3 is 5.32 Å². The molecule has 0 saturated carbocycles. The Morgan fingerprint density at radius 1 is 1.57 bits per heavy atom. The molecule has 2 heterocycles. The lowest BCUT2D eigenvalue weighted by atomic mass is 9.84. The second-order valence-corrected chi connectivity index (χ2v) is 6.40. The Hall–Kier alpha value is 0.140. The van der Waals surface area contributed by atoms with E-state index < -0.39 is 0 Å². The minimum Gasteiger partial charge on any atom is -0.316 e. The fraction of sp³-hybridized carbons (Fsp3) is 0.636. The van der Waals surface area contributed by atoms with Crippen molar-refractivity contribution >= 4 is 27.3 Å². The van der Waals surface area contributed by atoms with Crippen molar-refractivity contribution in [3.63, 3.8) is 0 Å². The number of rotatable bonds is 2. The highest BCUT2D eigenvalue weighted by Crippen LogP contribution is 2.37. The van der Waals surface area contributed by atoms with E-state index in [2.05, 4.69) is 40.3 Å². The van der Waals surface area contributed by atoms with E-state index in [0.717, 1.165) is 11.8 Å². The molecule has 1 fully saturated rings. The highest BCUT2D eigenvalue weighted by atomic mass is 79.9. The zero-order valence-corrected chi connectivity index (χ0v) is 10.8. The molecule has 0 aliphatic carbocycles. The average molecular weight is 274 g/mol. The number of halogens is 1. The molecule has 1 aromatic rings. The van der Waals surface area contributed by atoms with Gasteiger partial charge in [0.1, 0.15) is 0 Å². The third-order valence-corrected chi connectivity index (χ3v) is 4.85. The molecule has 2 atom stereocenters. The molecule has 14 heavy (non-hydrogen) atoms. The molecule has 0 aromatic carbocycles. The summed E-state index contributed by atoms with van der Waals surface area (Å²) >= 11 is 5.45. The zero-order valence-electron chi connectivity index (χ0n) is 8.42. The van der Waals surface area contributed by atoms with Crippen LogP contribution in [0.25, 0.3) is 0 Å². The van der Waals surface area contributed by atoms with Gasteiger partial charge in [-0.25, -0.2) is 0 Å². The Labute approximate surface area is 98.0 Å². The van der Waals surface area contributed by atoms with Crippen LogP contribution in [-0.4, -0.2) is 13.1 Å². The molecule has 3 heteroatoms. The Kier molecular flexibility index (Phi) is 3.63. The van der Waals surface area contributed by atoms with E-state index in [-0.39, 0.29) is 0 Å². The molecule has 1 aromatic heterocycles. The van der Waals surface area contributed by atoms with Gasteiger partial charge in [-0.1, -0.05) is 13.3 Å². The van der Waals surface area contributed by atoms with E-state index in [1.165, 1.54) is 29.7 Å². The molecule has 1 nitrogen and oxygen atoms in total. The van der Waals surface area contributed by atoms with E-state index in [1.807, 2.05) is 11.3 Å². The first-order valence-electron chi connectivity index (χ1n) is 5.27. The van der Waals surface area contributed by atoms with Crippen LogP contribution in [0.1, 0.15) is 30.6 Å². The van der Waals surface area contributed by atoms with Gasteiger partial charge in [0.2, 0.25) is 0 Å². The maximum atomic E-state index is 3.54. The summed E-state index contributed by atoms with van der Waals surface area (Å²) in [6, 6.07) is 4.46. The highest BCUT2D eigenvalue weighted by Gasteiger charge is 2.25. The number of thiophene rings is 1. The molecule has 1 aliphatic rings. The predicted molar refractivity (Wildman–Crippen MR) is 66.0 cm³/mol. The second-order valence-electron chi connectivity index (χ2n) is 3.91. The minimum atomic E-state index is 0.789. The summed E-state index contributed by atoms with van der Waals surface area (Å²) in [5, 5.41) is 3.49. The number of nitrogens with one attached hydrogen (secondary N) is 1. The molecule has 1 saturated heterocycles. The van der Waals surface area contributed by atoms with Gasteiger partial charge in [0, 0.05) is 4.88 Å². The van der Waals surface area contributed by atoms with E-state index in [4.69, 9.17) is 0 Å². The van der Waals surface area contributed by atoms with Crippen LogP contribution in [0.2, 0.25) is 0 Å². The lowest BCUT2D eigenvalue weighted by molar-refractivity contribution is 0.321. The summed E-state index contributed by atoms with van der Waals surface area (Å²) in [6.07, 6.45) is 2.58. The predicted octanol–water partition coefficient (Wildman–Crippen LogP) is 3.61. The van der Waals surface area contributed by atoms with Crippen molar-refractivity contribution in [2.24, 2.45) is 5.92 Å². The third kappa shape index (κ3) is 2.20. The summed E-state index contributed by atoms with van der Waals surface area (Å²) in [5.74, 6) is 1.62. The largest absolute Gasteiger partial charge is 0.316 e. The third-order valence-electron chi connectivity index (χ3n) is 3.09. The Balaban J connectivity index is 2.14. The normalized spacial score (nSPS) is 27.9. The van der Waals surface area contributed by atoms with E-state index in [0.29, 0.717) is 0 Å². The van der Waals surface area contributed by atoms with Gasteiger partial charge in [0.05, 0.1) is 3.79 Å². The fourth-order valence-electron chi connectivity index (χ4n) is 2.25. The Morgan fingerprint density at radius 2 is 2.43 bits per heavy atom. The van der Waals surface area contributed by atoms with Gasteiger partial charge in [0.25, 0.3) is 0 Å². The van der Waals surface area contributed by atoms with Gasteiger partial charge in [-0.2, -0.15) is 0 Å². The Morgan fingerprint density at radius 3 is 3.07 bits per heavy atom. The summed E-state index contributed by atoms with van der Waals surface area (Å²) in [7, 11) is 0. The van der Waals surface area contributed by atoms with Crippen molar-refractivity contribution in [3.8, 4) is 0 Å². The molecule has 2 unspecified atom stereocenters. The molecule has 1 N–H and O–H groups in total. The van der Waals surface area contributed by atoms with Crippen LogP contribution in [-0.2, 0) is 0 Å². The van der Waals surface area contributed by atoms with Crippen molar-refractivity contribution in [1.29, 1.82) is 0 Å². The lowest BCUT2D eigenvalue weighted by Gasteiger charge is -2.30. The van der Waals surface area contributed by atoms with Gasteiger partial charge in [-0.15, -0.1) is 11.3 Å². The SMILES string of the molecule is CCC1CNCCC1c1ccc(Br)s1. The van der Waals surface area contributed by atoms with Crippen molar-refractivity contribution < 1.29 is 0 Å². The number of hydrogen-bond donors (Lipinski definition) is 1. The van der Waals surface area contributed by atoms with Crippen LogP contribution < -0.4 is 5.32 Å². The second kappa shape index (κ2) is 4.77. The van der Waals surface area contributed by atoms with Crippen LogP contribution in [0.5, 0.6) is 0 Å². The first kappa shape index (κ1) is 10.7. The van der Waals surface area contributed by atoms with Gasteiger partial charge in [-0.3, -0.25) is 0 Å². The maximum Gasteiger partial charge on any atom is 0.0701 e. The molecule has 0 amide bonds. The molecule has 0 radical (unpaired) electrons. The summed E-state index contributed by atoms with van der Waals surface area (Å²) in [5.41, 5.74) is 0. The summed E-state index contributed by atoms with van der Waals surface area (Å²) in [6.45, 7) is 4.67. The van der Waals surface area contributed by atoms with Crippen molar-refractivity contribution in [2.75, 3.05) is 13.1 Å². The molecule has 1 aliphatic heterocycles. The average Bonchev–Trinajstić information content (AvgIpc) is 2.65. The van der Waals surface area contributed by atoms with Gasteiger partial charge >= 0.3 is 0 Å². The quantitative estimate of drug-likeness (QED) is 0.868. The molecule has 78 valence electrons. The van der Waals surface area contributed by atoms with Crippen LogP contribution in [0.4, 0.5) is 0 Å². The van der Waals surface area contributed by atoms with Gasteiger partial charge in [-0.05, 0) is 59.4 Å². The number of piperidine rings is 1. The molecule has 2 rings (SSSR count). The standard InChI is InChI=1S/C11H16BrNS/c1-2-8-7-13-6-5-9(8)10-3-4-11(12)14-10/h3-4,8-9,13H,2,5-7H2,1H3. The molecule has 0 bridgehead atoms. The van der Waals surface area contributed by atoms with E-state index in [1.54, 1.807) is 4.88 Å². The fourth-order valence-corrected chi connectivity index (χ4v) is 3.91. The van der Waals surface area contributed by atoms with Crippen LogP contribution >= 0.6 is 27.3 Å². The summed E-state index contributed by atoms with van der Waals surface area (Å²) in [4.78, 5) is 1.56. The zero-order chi connectivity index (χ0) is 9.97. The molecule has 0 spiro atoms. The van der Waals surface area contributed by atoms with Crippen LogP contribution in [0.15, 0.2) is 15.9 Å². The molecular weight excluding hydrogens is 258 g/mol. The maximum absolute atomic E-state index is 3.54.